The van der Waals surface area contributed by atoms with E-state index in [0.29, 0.717) is 11.6 Å². The summed E-state index contributed by atoms with van der Waals surface area (Å²) in [5.41, 5.74) is 6.94. The van der Waals surface area contributed by atoms with Crippen molar-refractivity contribution in [3.63, 3.8) is 0 Å². The van der Waals surface area contributed by atoms with E-state index in [4.69, 9.17) is 17.3 Å². The number of hydrogen-bond donors (Lipinski definition) is 2. The van der Waals surface area contributed by atoms with Gasteiger partial charge in [0.15, 0.2) is 0 Å². The van der Waals surface area contributed by atoms with Crippen molar-refractivity contribution in [3.05, 3.63) is 16.4 Å². The van der Waals surface area contributed by atoms with Crippen LogP contribution >= 0.6 is 11.6 Å². The van der Waals surface area contributed by atoms with Crippen molar-refractivity contribution < 1.29 is 5.11 Å². The molecule has 0 spiro atoms. The Morgan fingerprint density at radius 3 is 2.62 bits per heavy atom. The highest BCUT2D eigenvalue weighted by atomic mass is 35.5. The Hall–Kier alpha value is -0.580. The van der Waals surface area contributed by atoms with Crippen LogP contribution in [-0.4, -0.2) is 27.5 Å². The molecule has 74 valence electrons. The molecule has 5 heteroatoms. The van der Waals surface area contributed by atoms with E-state index in [1.165, 1.54) is 0 Å². The average Bonchev–Trinajstić information content (AvgIpc) is 2.34. The Kier molecular flexibility index (Phi) is 3.30. The minimum Gasteiger partial charge on any atom is -0.390 e. The lowest BCUT2D eigenvalue weighted by Crippen LogP contribution is -2.26. The van der Waals surface area contributed by atoms with Gasteiger partial charge in [-0.05, 0) is 13.8 Å². The van der Waals surface area contributed by atoms with Gasteiger partial charge in [-0.3, -0.25) is 4.68 Å². The molecule has 0 amide bonds. The van der Waals surface area contributed by atoms with Crippen LogP contribution in [-0.2, 0) is 6.54 Å². The van der Waals surface area contributed by atoms with E-state index in [1.54, 1.807) is 4.68 Å². The summed E-state index contributed by atoms with van der Waals surface area (Å²) >= 11 is 5.93. The third-order valence-electron chi connectivity index (χ3n) is 1.95. The molecule has 0 aliphatic heterocycles. The van der Waals surface area contributed by atoms with E-state index in [-0.39, 0.29) is 6.54 Å². The van der Waals surface area contributed by atoms with E-state index in [0.717, 1.165) is 11.4 Å². The van der Waals surface area contributed by atoms with E-state index in [2.05, 4.69) is 5.10 Å². The van der Waals surface area contributed by atoms with Gasteiger partial charge in [0.25, 0.3) is 0 Å². The third-order valence-corrected chi connectivity index (χ3v) is 2.50. The summed E-state index contributed by atoms with van der Waals surface area (Å²) in [4.78, 5) is 0. The standard InChI is InChI=1S/C8H14ClN3O/c1-5-8(9)6(2)12(11-5)4-7(13)3-10/h7,13H,3-4,10H2,1-2H3/t7-/m0/s1. The second kappa shape index (κ2) is 4.09. The molecule has 0 saturated carbocycles. The lowest BCUT2D eigenvalue weighted by Gasteiger charge is -2.08. The Labute approximate surface area is 82.3 Å². The Bertz CT molecular complexity index is 298. The fourth-order valence-corrected chi connectivity index (χ4v) is 1.26. The predicted octanol–water partition coefficient (Wildman–Crippen LogP) is 0.473. The zero-order chi connectivity index (χ0) is 10.0. The number of nitrogens with zero attached hydrogens (tertiary/aromatic N) is 2. The van der Waals surface area contributed by atoms with Crippen LogP contribution in [0.15, 0.2) is 0 Å². The van der Waals surface area contributed by atoms with Crippen LogP contribution in [0, 0.1) is 13.8 Å². The van der Waals surface area contributed by atoms with Gasteiger partial charge < -0.3 is 10.8 Å². The minimum absolute atomic E-state index is 0.232. The van der Waals surface area contributed by atoms with Crippen molar-refractivity contribution in [2.45, 2.75) is 26.5 Å². The number of halogens is 1. The predicted molar refractivity (Wildman–Crippen MR) is 51.8 cm³/mol. The van der Waals surface area contributed by atoms with Crippen LogP contribution in [0.4, 0.5) is 0 Å². The van der Waals surface area contributed by atoms with Gasteiger partial charge in [0, 0.05) is 6.54 Å². The van der Waals surface area contributed by atoms with Gasteiger partial charge in [-0.15, -0.1) is 0 Å². The molecule has 1 rings (SSSR count). The molecule has 1 atom stereocenters. The maximum atomic E-state index is 9.31. The Morgan fingerprint density at radius 1 is 1.62 bits per heavy atom. The first-order chi connectivity index (χ1) is 6.06. The molecule has 0 aromatic carbocycles. The molecule has 0 aliphatic rings. The first-order valence-electron chi connectivity index (χ1n) is 4.14. The molecule has 0 aliphatic carbocycles. The monoisotopic (exact) mass is 203 g/mol. The number of hydrogen-bond acceptors (Lipinski definition) is 3. The first-order valence-corrected chi connectivity index (χ1v) is 4.51. The van der Waals surface area contributed by atoms with Crippen molar-refractivity contribution >= 4 is 11.6 Å². The molecule has 1 aromatic heterocycles. The molecule has 0 bridgehead atoms. The summed E-state index contributed by atoms with van der Waals surface area (Å²) in [7, 11) is 0. The number of aryl methyl sites for hydroxylation is 1. The number of nitrogens with two attached hydrogens (primary N) is 1. The normalized spacial score (nSPS) is 13.3. The van der Waals surface area contributed by atoms with Crippen LogP contribution in [0.2, 0.25) is 5.02 Å². The van der Waals surface area contributed by atoms with Crippen molar-refractivity contribution in [1.82, 2.24) is 9.78 Å². The molecule has 1 heterocycles. The summed E-state index contributed by atoms with van der Waals surface area (Å²) in [5.74, 6) is 0. The van der Waals surface area contributed by atoms with E-state index >= 15 is 0 Å². The summed E-state index contributed by atoms with van der Waals surface area (Å²) in [6, 6.07) is 0. The van der Waals surface area contributed by atoms with Gasteiger partial charge in [0.1, 0.15) is 0 Å². The summed E-state index contributed by atoms with van der Waals surface area (Å²) in [6.45, 7) is 4.33. The molecule has 0 saturated heterocycles. The molecule has 0 fully saturated rings. The maximum absolute atomic E-state index is 9.31. The second-order valence-corrected chi connectivity index (χ2v) is 3.43. The van der Waals surface area contributed by atoms with Crippen LogP contribution < -0.4 is 5.73 Å². The summed E-state index contributed by atoms with van der Waals surface area (Å²) in [5, 5.41) is 14.1. The topological polar surface area (TPSA) is 64.1 Å². The third kappa shape index (κ3) is 2.21. The van der Waals surface area contributed by atoms with Gasteiger partial charge >= 0.3 is 0 Å². The average molecular weight is 204 g/mol. The first kappa shape index (κ1) is 10.5. The van der Waals surface area contributed by atoms with Crippen LogP contribution in [0.25, 0.3) is 0 Å². The lowest BCUT2D eigenvalue weighted by atomic mass is 10.3. The number of aliphatic hydroxyl groups is 1. The van der Waals surface area contributed by atoms with Crippen molar-refractivity contribution in [2.24, 2.45) is 5.73 Å². The lowest BCUT2D eigenvalue weighted by molar-refractivity contribution is 0.156. The molecule has 0 radical (unpaired) electrons. The van der Waals surface area contributed by atoms with Crippen molar-refractivity contribution in [2.75, 3.05) is 6.54 Å². The quantitative estimate of drug-likeness (QED) is 0.751. The molecule has 13 heavy (non-hydrogen) atoms. The van der Waals surface area contributed by atoms with E-state index < -0.39 is 6.10 Å². The fraction of sp³-hybridized carbons (Fsp3) is 0.625. The summed E-state index contributed by atoms with van der Waals surface area (Å²) < 4.78 is 1.68. The molecule has 3 N–H and O–H groups in total. The maximum Gasteiger partial charge on any atom is 0.0858 e. The Balaban J connectivity index is 2.83. The zero-order valence-corrected chi connectivity index (χ0v) is 8.54. The number of aromatic nitrogens is 2. The Morgan fingerprint density at radius 2 is 2.23 bits per heavy atom. The number of aliphatic hydroxyl groups excluding tert-OH is 1. The van der Waals surface area contributed by atoms with Gasteiger partial charge in [-0.2, -0.15) is 5.10 Å². The molecular formula is C8H14ClN3O. The van der Waals surface area contributed by atoms with Gasteiger partial charge in [0.05, 0.1) is 29.1 Å². The molecule has 4 nitrogen and oxygen atoms in total. The van der Waals surface area contributed by atoms with Gasteiger partial charge in [0.2, 0.25) is 0 Å². The highest BCUT2D eigenvalue weighted by molar-refractivity contribution is 6.31. The smallest absolute Gasteiger partial charge is 0.0858 e. The van der Waals surface area contributed by atoms with Crippen molar-refractivity contribution in [3.8, 4) is 0 Å². The summed E-state index contributed by atoms with van der Waals surface area (Å²) in [6.07, 6.45) is -0.561. The fourth-order valence-electron chi connectivity index (χ4n) is 1.13. The number of rotatable bonds is 3. The molecule has 1 aromatic rings. The highest BCUT2D eigenvalue weighted by Crippen LogP contribution is 2.18. The van der Waals surface area contributed by atoms with Crippen LogP contribution in [0.5, 0.6) is 0 Å². The van der Waals surface area contributed by atoms with E-state index in [1.807, 2.05) is 13.8 Å². The van der Waals surface area contributed by atoms with Gasteiger partial charge in [-0.25, -0.2) is 0 Å². The van der Waals surface area contributed by atoms with E-state index in [9.17, 15) is 5.11 Å². The van der Waals surface area contributed by atoms with Gasteiger partial charge in [-0.1, -0.05) is 11.6 Å². The minimum atomic E-state index is -0.561. The van der Waals surface area contributed by atoms with Crippen molar-refractivity contribution in [1.29, 1.82) is 0 Å². The molecule has 0 unspecified atom stereocenters. The second-order valence-electron chi connectivity index (χ2n) is 3.06. The molecular weight excluding hydrogens is 190 g/mol. The zero-order valence-electron chi connectivity index (χ0n) is 7.79. The highest BCUT2D eigenvalue weighted by Gasteiger charge is 2.11. The largest absolute Gasteiger partial charge is 0.390 e. The SMILES string of the molecule is Cc1nn(C[C@@H](O)CN)c(C)c1Cl. The van der Waals surface area contributed by atoms with Crippen LogP contribution in [0.1, 0.15) is 11.4 Å². The van der Waals surface area contributed by atoms with Crippen LogP contribution in [0.3, 0.4) is 0 Å².